The smallest absolute Gasteiger partial charge is 0.237 e. The molecular weight excluding hydrogens is 539 g/mol. The molecule has 1 aromatic heterocycles. The van der Waals surface area contributed by atoms with E-state index in [-0.39, 0.29) is 36.3 Å². The number of halogens is 1. The van der Waals surface area contributed by atoms with Gasteiger partial charge < -0.3 is 10.2 Å². The third-order valence-electron chi connectivity index (χ3n) is 5.38. The van der Waals surface area contributed by atoms with Crippen molar-refractivity contribution in [3.05, 3.63) is 47.3 Å². The van der Waals surface area contributed by atoms with Crippen molar-refractivity contribution in [2.24, 2.45) is 12.0 Å². The lowest BCUT2D eigenvalue weighted by Gasteiger charge is -2.23. The molecule has 0 saturated heterocycles. The van der Waals surface area contributed by atoms with Crippen LogP contribution in [0, 0.1) is 0 Å². The maximum atomic E-state index is 12.9. The van der Waals surface area contributed by atoms with Crippen LogP contribution in [-0.4, -0.2) is 61.5 Å². The van der Waals surface area contributed by atoms with E-state index in [2.05, 4.69) is 29.3 Å². The fourth-order valence-corrected chi connectivity index (χ4v) is 5.33. The van der Waals surface area contributed by atoms with Crippen LogP contribution in [0.2, 0.25) is 0 Å². The van der Waals surface area contributed by atoms with Gasteiger partial charge in [0.15, 0.2) is 5.96 Å². The van der Waals surface area contributed by atoms with E-state index in [4.69, 9.17) is 0 Å². The van der Waals surface area contributed by atoms with Gasteiger partial charge >= 0.3 is 0 Å². The molecular formula is C22H35IN6O2S. The van der Waals surface area contributed by atoms with E-state index in [1.807, 2.05) is 61.1 Å². The molecule has 8 nitrogen and oxygen atoms in total. The second kappa shape index (κ2) is 11.4. The van der Waals surface area contributed by atoms with E-state index in [1.54, 1.807) is 0 Å². The monoisotopic (exact) mass is 574 g/mol. The van der Waals surface area contributed by atoms with Crippen molar-refractivity contribution < 1.29 is 8.42 Å². The average molecular weight is 575 g/mol. The molecule has 1 aliphatic rings. The van der Waals surface area contributed by atoms with Gasteiger partial charge in [-0.1, -0.05) is 32.0 Å². The van der Waals surface area contributed by atoms with Gasteiger partial charge in [-0.15, -0.1) is 24.0 Å². The van der Waals surface area contributed by atoms with Crippen LogP contribution in [0.1, 0.15) is 43.5 Å². The number of aliphatic imine (C=N–C) groups is 1. The first-order chi connectivity index (χ1) is 14.7. The highest BCUT2D eigenvalue weighted by molar-refractivity contribution is 14.0. The molecule has 10 heteroatoms. The second-order valence-electron chi connectivity index (χ2n) is 8.23. The number of anilines is 1. The predicted octanol–water partition coefficient (Wildman–Crippen LogP) is 2.95. The molecule has 0 radical (unpaired) electrons. The molecule has 1 aliphatic heterocycles. The van der Waals surface area contributed by atoms with Crippen molar-refractivity contribution in [2.45, 2.75) is 39.7 Å². The Balaban J connectivity index is 0.00000363. The van der Waals surface area contributed by atoms with Gasteiger partial charge in [-0.3, -0.25) is 14.0 Å². The Morgan fingerprint density at radius 2 is 2.03 bits per heavy atom. The highest BCUT2D eigenvalue weighted by Crippen LogP contribution is 2.29. The molecule has 0 aliphatic carbocycles. The molecule has 0 spiro atoms. The number of sulfonamides is 1. The predicted molar refractivity (Wildman–Crippen MR) is 141 cm³/mol. The van der Waals surface area contributed by atoms with Crippen LogP contribution in [0.25, 0.3) is 0 Å². The largest absolute Gasteiger partial charge is 0.357 e. The van der Waals surface area contributed by atoms with Gasteiger partial charge in [0.25, 0.3) is 0 Å². The zero-order chi connectivity index (χ0) is 22.6. The van der Waals surface area contributed by atoms with Gasteiger partial charge in [0, 0.05) is 45.5 Å². The van der Waals surface area contributed by atoms with Crippen molar-refractivity contribution in [3.63, 3.8) is 0 Å². The lowest BCUT2D eigenvalue weighted by atomic mass is 10.1. The molecule has 0 atom stereocenters. The van der Waals surface area contributed by atoms with Crippen LogP contribution in [0.5, 0.6) is 0 Å². The first-order valence-corrected chi connectivity index (χ1v) is 12.4. The summed E-state index contributed by atoms with van der Waals surface area (Å²) in [7, 11) is 0.472. The van der Waals surface area contributed by atoms with E-state index in [9.17, 15) is 8.42 Å². The number of hydrogen-bond donors (Lipinski definition) is 1. The summed E-state index contributed by atoms with van der Waals surface area (Å²) in [6, 6.07) is 7.70. The summed E-state index contributed by atoms with van der Waals surface area (Å²) in [6.45, 7) is 8.34. The van der Waals surface area contributed by atoms with Crippen molar-refractivity contribution in [1.29, 1.82) is 0 Å². The zero-order valence-corrected chi connectivity index (χ0v) is 22.7. The van der Waals surface area contributed by atoms with Crippen LogP contribution in [0.15, 0.2) is 35.5 Å². The minimum atomic E-state index is -3.42. The van der Waals surface area contributed by atoms with Gasteiger partial charge in [-0.2, -0.15) is 5.10 Å². The molecule has 0 fully saturated rings. The van der Waals surface area contributed by atoms with E-state index < -0.39 is 10.0 Å². The minimum absolute atomic E-state index is 0. The lowest BCUT2D eigenvalue weighted by Crippen LogP contribution is -2.39. The summed E-state index contributed by atoms with van der Waals surface area (Å²) >= 11 is 0. The molecule has 0 unspecified atom stereocenters. The SMILES string of the molecule is CCNC(=NCCS(=O)(=O)N1CCc2ccccc21)N(C)Cc1cn(C)nc1C(C)C.I. The Labute approximate surface area is 209 Å². The number of aryl methyl sites for hydroxylation is 1. The summed E-state index contributed by atoms with van der Waals surface area (Å²) in [6.07, 6.45) is 2.79. The first-order valence-electron chi connectivity index (χ1n) is 10.8. The van der Waals surface area contributed by atoms with Crippen molar-refractivity contribution in [2.75, 3.05) is 36.7 Å². The first kappa shape index (κ1) is 26.4. The Morgan fingerprint density at radius 3 is 2.72 bits per heavy atom. The van der Waals surface area contributed by atoms with Gasteiger partial charge in [0.2, 0.25) is 10.0 Å². The Bertz CT molecular complexity index is 1030. The molecule has 1 N–H and O–H groups in total. The third-order valence-corrected chi connectivity index (χ3v) is 7.13. The number of aromatic nitrogens is 2. The topological polar surface area (TPSA) is 82.8 Å². The van der Waals surface area contributed by atoms with Crippen molar-refractivity contribution in [1.82, 2.24) is 20.0 Å². The van der Waals surface area contributed by atoms with Crippen LogP contribution in [-0.2, 0) is 30.0 Å². The Hall–Kier alpha value is -1.82. The summed E-state index contributed by atoms with van der Waals surface area (Å²) < 4.78 is 29.2. The fraction of sp³-hybridized carbons (Fsp3) is 0.545. The van der Waals surface area contributed by atoms with Gasteiger partial charge in [0.1, 0.15) is 0 Å². The Morgan fingerprint density at radius 1 is 1.31 bits per heavy atom. The number of rotatable bonds is 8. The summed E-state index contributed by atoms with van der Waals surface area (Å²) in [5.41, 5.74) is 4.10. The van der Waals surface area contributed by atoms with Crippen LogP contribution in [0.4, 0.5) is 5.69 Å². The molecule has 178 valence electrons. The fourth-order valence-electron chi connectivity index (χ4n) is 3.94. The van der Waals surface area contributed by atoms with E-state index >= 15 is 0 Å². The molecule has 0 saturated carbocycles. The molecule has 0 amide bonds. The number of nitrogens with one attached hydrogen (secondary N) is 1. The van der Waals surface area contributed by atoms with E-state index in [0.29, 0.717) is 31.5 Å². The molecule has 2 heterocycles. The average Bonchev–Trinajstić information content (AvgIpc) is 3.31. The molecule has 2 aromatic rings. The second-order valence-corrected chi connectivity index (χ2v) is 10.2. The number of para-hydroxylation sites is 1. The number of nitrogens with zero attached hydrogens (tertiary/aromatic N) is 5. The number of fused-ring (bicyclic) bond motifs is 1. The van der Waals surface area contributed by atoms with Crippen LogP contribution >= 0.6 is 24.0 Å². The Kier molecular flexibility index (Phi) is 9.38. The maximum absolute atomic E-state index is 12.9. The zero-order valence-electron chi connectivity index (χ0n) is 19.6. The minimum Gasteiger partial charge on any atom is -0.357 e. The highest BCUT2D eigenvalue weighted by atomic mass is 127. The van der Waals surface area contributed by atoms with E-state index in [0.717, 1.165) is 28.9 Å². The van der Waals surface area contributed by atoms with Crippen LogP contribution < -0.4 is 9.62 Å². The quantitative estimate of drug-likeness (QED) is 0.298. The molecule has 1 aromatic carbocycles. The van der Waals surface area contributed by atoms with Gasteiger partial charge in [0.05, 0.1) is 23.7 Å². The maximum Gasteiger partial charge on any atom is 0.237 e. The van der Waals surface area contributed by atoms with Crippen molar-refractivity contribution >= 4 is 45.6 Å². The lowest BCUT2D eigenvalue weighted by molar-refractivity contribution is 0.474. The molecule has 3 rings (SSSR count). The third kappa shape index (κ3) is 6.15. The van der Waals surface area contributed by atoms with Gasteiger partial charge in [-0.05, 0) is 30.9 Å². The standard InChI is InChI=1S/C22H34N6O2S.HI/c1-6-23-22(26(4)15-19-16-27(5)25-21(19)17(2)3)24-12-14-31(29,30)28-13-11-18-9-7-8-10-20(18)28;/h7-10,16-17H,6,11-15H2,1-5H3,(H,23,24);1H. The summed E-state index contributed by atoms with van der Waals surface area (Å²) in [5.74, 6) is 1.00. The van der Waals surface area contributed by atoms with Gasteiger partial charge in [-0.25, -0.2) is 8.42 Å². The number of benzene rings is 1. The normalized spacial score (nSPS) is 13.8. The van der Waals surface area contributed by atoms with E-state index in [1.165, 1.54) is 4.31 Å². The van der Waals surface area contributed by atoms with Crippen LogP contribution in [0.3, 0.4) is 0 Å². The molecule has 32 heavy (non-hydrogen) atoms. The number of guanidine groups is 1. The molecule has 0 bridgehead atoms. The summed E-state index contributed by atoms with van der Waals surface area (Å²) in [5, 5.41) is 7.84. The highest BCUT2D eigenvalue weighted by Gasteiger charge is 2.28. The summed E-state index contributed by atoms with van der Waals surface area (Å²) in [4.78, 5) is 6.62. The van der Waals surface area contributed by atoms with Crippen molar-refractivity contribution in [3.8, 4) is 0 Å². The number of hydrogen-bond acceptors (Lipinski definition) is 4.